The van der Waals surface area contributed by atoms with Gasteiger partial charge in [-0.25, -0.2) is 0 Å². The van der Waals surface area contributed by atoms with E-state index in [0.29, 0.717) is 0 Å². The Morgan fingerprint density at radius 3 is 1.12 bits per heavy atom. The van der Waals surface area contributed by atoms with E-state index in [1.165, 1.54) is 155 Å². The monoisotopic (exact) mass is 719 g/mol. The van der Waals surface area contributed by atoms with E-state index in [1.54, 1.807) is 0 Å². The summed E-state index contributed by atoms with van der Waals surface area (Å²) in [6, 6.07) is 2.65. The normalized spacial score (nSPS) is 34.7. The first-order chi connectivity index (χ1) is 24.2. The molecule has 1 N–H and O–H groups in total. The lowest BCUT2D eigenvalue weighted by Gasteiger charge is -2.34. The van der Waals surface area contributed by atoms with Crippen LogP contribution in [0.1, 0.15) is 145 Å². The van der Waals surface area contributed by atoms with E-state index in [0.717, 1.165) is 53.6 Å². The van der Waals surface area contributed by atoms with E-state index in [-0.39, 0.29) is 0 Å². The minimum atomic E-state index is 0.773. The Balaban J connectivity index is 0.000000213. The van der Waals surface area contributed by atoms with Gasteiger partial charge in [0.05, 0.1) is 0 Å². The molecule has 6 unspecified atom stereocenters. The van der Waals surface area contributed by atoms with Gasteiger partial charge in [-0.3, -0.25) is 0 Å². The van der Waals surface area contributed by atoms with Crippen molar-refractivity contribution < 1.29 is 0 Å². The number of nitrogens with zero attached hydrogens (tertiary/aromatic N) is 5. The predicted octanol–water partition coefficient (Wildman–Crippen LogP) is 9.06. The third-order valence-electron chi connectivity index (χ3n) is 13.3. The molecule has 0 radical (unpaired) electrons. The number of hydrogen-bond acceptors (Lipinski definition) is 6. The van der Waals surface area contributed by atoms with E-state index in [4.69, 9.17) is 0 Å². The average molecular weight is 719 g/mol. The molecule has 0 aromatic rings. The molecule has 7 fully saturated rings. The van der Waals surface area contributed by atoms with Gasteiger partial charge in [0.2, 0.25) is 0 Å². The highest BCUT2D eigenvalue weighted by Gasteiger charge is 2.36. The highest BCUT2D eigenvalue weighted by atomic mass is 15.2. The van der Waals surface area contributed by atoms with Crippen molar-refractivity contribution in [2.24, 2.45) is 35.5 Å². The Hall–Kier alpha value is -0.240. The van der Waals surface area contributed by atoms with E-state index in [2.05, 4.69) is 114 Å². The van der Waals surface area contributed by atoms with Gasteiger partial charge in [0.1, 0.15) is 0 Å². The zero-order valence-electron chi connectivity index (χ0n) is 36.9. The Kier molecular flexibility index (Phi) is 24.4. The lowest BCUT2D eigenvalue weighted by atomic mass is 9.93. The minimum absolute atomic E-state index is 0.773. The summed E-state index contributed by atoms with van der Waals surface area (Å²) in [7, 11) is 11.1. The fourth-order valence-corrected chi connectivity index (χ4v) is 9.23. The number of piperidine rings is 2. The molecule has 0 saturated carbocycles. The lowest BCUT2D eigenvalue weighted by Crippen LogP contribution is -2.39. The van der Waals surface area contributed by atoms with E-state index < -0.39 is 0 Å². The molecule has 6 heteroatoms. The lowest BCUT2D eigenvalue weighted by molar-refractivity contribution is 0.142. The van der Waals surface area contributed by atoms with Crippen molar-refractivity contribution in [1.82, 2.24) is 29.8 Å². The molecule has 7 rings (SSSR count). The molecule has 2 bridgehead atoms. The summed E-state index contributed by atoms with van der Waals surface area (Å²) in [6.07, 6.45) is 21.3. The van der Waals surface area contributed by atoms with Crippen LogP contribution < -0.4 is 5.32 Å². The molecule has 6 nitrogen and oxygen atoms in total. The SMILES string of the molecule is CC1CC2CCC(C1)N2C.CC1CCCN(C)CC1.CC1CCCN(C)CCC1.CC1CCN(C)C1.CC1CCN(C)CC1.CC1CNC(C)C1. The Morgan fingerprint density at radius 2 is 0.765 bits per heavy atom. The zero-order chi connectivity index (χ0) is 37.8. The molecule has 7 saturated heterocycles. The van der Waals surface area contributed by atoms with Crippen LogP contribution in [0.5, 0.6) is 0 Å². The second kappa shape index (κ2) is 26.5. The Bertz CT molecular complexity index is 744. The van der Waals surface area contributed by atoms with Gasteiger partial charge in [-0.1, -0.05) is 41.5 Å². The van der Waals surface area contributed by atoms with Crippen LogP contribution in [0.15, 0.2) is 0 Å². The fraction of sp³-hybridized carbons (Fsp3) is 1.00. The van der Waals surface area contributed by atoms with E-state index in [1.807, 2.05) is 0 Å². The summed E-state index contributed by atoms with van der Waals surface area (Å²) < 4.78 is 0. The number of likely N-dealkylation sites (tertiary alicyclic amines) is 4. The van der Waals surface area contributed by atoms with Crippen molar-refractivity contribution in [1.29, 1.82) is 0 Å². The first kappa shape index (κ1) is 46.9. The third kappa shape index (κ3) is 22.0. The first-order valence-electron chi connectivity index (χ1n) is 22.4. The summed E-state index contributed by atoms with van der Waals surface area (Å²) in [6.45, 7) is 28.0. The van der Waals surface area contributed by atoms with Crippen molar-refractivity contribution in [3.05, 3.63) is 0 Å². The minimum Gasteiger partial charge on any atom is -0.314 e. The second-order valence-corrected chi connectivity index (χ2v) is 19.5. The highest BCUT2D eigenvalue weighted by molar-refractivity contribution is 4.92. The van der Waals surface area contributed by atoms with Gasteiger partial charge in [-0.05, 0) is 226 Å². The molecule has 304 valence electrons. The second-order valence-electron chi connectivity index (χ2n) is 19.5. The standard InChI is InChI=1S/C9H17N.C9H19N.C8H17N.C7H15N.2C6H13N/c1-7-5-8-3-4-9(6-7)10(8)2;1-9-5-3-7-10(2)8-4-6-9;1-8-4-3-6-9(2)7-5-8;1-7-3-5-8(2)6-4-7;1-5-3-6(2)7-4-5;1-6-3-4-7(2)5-6/h7-9H,3-6H2,1-2H3;9H,3-8H2,1-2H3;8H,3-7H2,1-2H3;7H,3-6H2,1-2H3;5-7H,3-4H2,1-2H3;6H,3-5H2,1-2H3. The molecule has 7 heterocycles. The largest absolute Gasteiger partial charge is 0.314 e. The van der Waals surface area contributed by atoms with Gasteiger partial charge >= 0.3 is 0 Å². The third-order valence-corrected chi connectivity index (χ3v) is 13.3. The van der Waals surface area contributed by atoms with Crippen LogP contribution >= 0.6 is 0 Å². The number of nitrogens with one attached hydrogen (secondary N) is 1. The van der Waals surface area contributed by atoms with Crippen molar-refractivity contribution in [2.75, 3.05) is 94.1 Å². The molecule has 7 aliphatic rings. The molecule has 0 aliphatic carbocycles. The van der Waals surface area contributed by atoms with Gasteiger partial charge in [-0.15, -0.1) is 0 Å². The summed E-state index contributed by atoms with van der Waals surface area (Å²) in [5.74, 6) is 5.78. The first-order valence-corrected chi connectivity index (χ1v) is 22.4. The van der Waals surface area contributed by atoms with Crippen molar-refractivity contribution in [3.63, 3.8) is 0 Å². The average Bonchev–Trinajstić information content (AvgIpc) is 3.65. The van der Waals surface area contributed by atoms with Gasteiger partial charge in [-0.2, -0.15) is 0 Å². The fourth-order valence-electron chi connectivity index (χ4n) is 9.23. The van der Waals surface area contributed by atoms with Gasteiger partial charge in [0, 0.05) is 24.7 Å². The van der Waals surface area contributed by atoms with Crippen LogP contribution in [0.3, 0.4) is 0 Å². The van der Waals surface area contributed by atoms with Gasteiger partial charge in [0.25, 0.3) is 0 Å². The molecular formula is C45H94N6. The molecule has 7 aliphatic heterocycles. The summed E-state index contributed by atoms with van der Waals surface area (Å²) in [5.41, 5.74) is 0. The number of rotatable bonds is 0. The van der Waals surface area contributed by atoms with E-state index >= 15 is 0 Å². The molecule has 0 amide bonds. The smallest absolute Gasteiger partial charge is 0.00982 e. The highest BCUT2D eigenvalue weighted by Crippen LogP contribution is 2.36. The van der Waals surface area contributed by atoms with Gasteiger partial charge in [0.15, 0.2) is 0 Å². The van der Waals surface area contributed by atoms with Crippen LogP contribution in [0.25, 0.3) is 0 Å². The summed E-state index contributed by atoms with van der Waals surface area (Å²) in [5, 5.41) is 3.37. The number of fused-ring (bicyclic) bond motifs is 2. The maximum Gasteiger partial charge on any atom is 0.00982 e. The molecule has 0 spiro atoms. The zero-order valence-corrected chi connectivity index (χ0v) is 36.9. The van der Waals surface area contributed by atoms with Crippen LogP contribution in [-0.4, -0.2) is 137 Å². The quantitative estimate of drug-likeness (QED) is 0.269. The van der Waals surface area contributed by atoms with Crippen LogP contribution in [0.2, 0.25) is 0 Å². The topological polar surface area (TPSA) is 28.2 Å². The predicted molar refractivity (Wildman–Crippen MR) is 227 cm³/mol. The molecule has 51 heavy (non-hydrogen) atoms. The Labute approximate surface area is 321 Å². The Morgan fingerprint density at radius 1 is 0.373 bits per heavy atom. The van der Waals surface area contributed by atoms with Crippen LogP contribution in [-0.2, 0) is 0 Å². The van der Waals surface area contributed by atoms with Crippen molar-refractivity contribution >= 4 is 0 Å². The summed E-state index contributed by atoms with van der Waals surface area (Å²) in [4.78, 5) is 12.3. The maximum atomic E-state index is 3.37. The molecule has 0 aromatic carbocycles. The molecule has 0 aromatic heterocycles. The van der Waals surface area contributed by atoms with Gasteiger partial charge < -0.3 is 29.8 Å². The maximum absolute atomic E-state index is 3.37. The molecular weight excluding hydrogens is 625 g/mol. The van der Waals surface area contributed by atoms with Crippen LogP contribution in [0.4, 0.5) is 0 Å². The van der Waals surface area contributed by atoms with Crippen molar-refractivity contribution in [2.45, 2.75) is 163 Å². The number of hydrogen-bond donors (Lipinski definition) is 1. The molecule has 6 atom stereocenters. The van der Waals surface area contributed by atoms with Crippen molar-refractivity contribution in [3.8, 4) is 0 Å². The summed E-state index contributed by atoms with van der Waals surface area (Å²) >= 11 is 0. The van der Waals surface area contributed by atoms with E-state index in [9.17, 15) is 0 Å². The van der Waals surface area contributed by atoms with Crippen LogP contribution in [0, 0.1) is 35.5 Å².